The van der Waals surface area contributed by atoms with Gasteiger partial charge in [-0.15, -0.1) is 0 Å². The van der Waals surface area contributed by atoms with Gasteiger partial charge in [-0.25, -0.2) is 4.39 Å². The summed E-state index contributed by atoms with van der Waals surface area (Å²) < 4.78 is 54.7. The molecule has 0 bridgehead atoms. The average Bonchev–Trinajstić information content (AvgIpc) is 2.85. The molecule has 0 aromatic heterocycles. The molecular formula is C15H16F4O3. The number of alkyl halides is 3. The van der Waals surface area contributed by atoms with Crippen LogP contribution in [0.15, 0.2) is 18.2 Å². The van der Waals surface area contributed by atoms with Crippen molar-refractivity contribution in [2.24, 2.45) is 0 Å². The molecule has 1 unspecified atom stereocenters. The predicted molar refractivity (Wildman–Crippen MR) is 70.7 cm³/mol. The zero-order chi connectivity index (χ0) is 16.8. The number of carbonyl (C=O) groups excluding carboxylic acids is 2. The summed E-state index contributed by atoms with van der Waals surface area (Å²) in [5.74, 6) is -1.61. The maximum Gasteiger partial charge on any atom is 0.416 e. The van der Waals surface area contributed by atoms with E-state index in [2.05, 4.69) is 4.74 Å². The van der Waals surface area contributed by atoms with Crippen LogP contribution in [0.5, 0.6) is 0 Å². The molecule has 0 aliphatic heterocycles. The van der Waals surface area contributed by atoms with Gasteiger partial charge >= 0.3 is 6.18 Å². The first kappa shape index (κ1) is 18.1. The molecule has 1 aliphatic rings. The first-order chi connectivity index (χ1) is 10.3. The Morgan fingerprint density at radius 1 is 1.36 bits per heavy atom. The number of Topliss-reactive ketones (excluding diaryl/α,β-unsaturated/α-hetero) is 1. The van der Waals surface area contributed by atoms with Crippen molar-refractivity contribution in [3.8, 4) is 0 Å². The minimum Gasteiger partial charge on any atom is -0.468 e. The predicted octanol–water partition coefficient (Wildman–Crippen LogP) is 3.86. The molecule has 7 heteroatoms. The molecule has 2 rings (SSSR count). The van der Waals surface area contributed by atoms with E-state index >= 15 is 0 Å². The minimum atomic E-state index is -4.56. The van der Waals surface area contributed by atoms with E-state index in [1.54, 1.807) is 6.92 Å². The van der Waals surface area contributed by atoms with E-state index in [9.17, 15) is 27.2 Å². The topological polar surface area (TPSA) is 43.4 Å². The third kappa shape index (κ3) is 4.82. The molecule has 22 heavy (non-hydrogen) atoms. The number of hydrogen-bond donors (Lipinski definition) is 0. The van der Waals surface area contributed by atoms with Gasteiger partial charge < -0.3 is 4.74 Å². The van der Waals surface area contributed by atoms with Crippen LogP contribution in [0.25, 0.3) is 0 Å². The van der Waals surface area contributed by atoms with Crippen molar-refractivity contribution in [3.63, 3.8) is 0 Å². The van der Waals surface area contributed by atoms with E-state index in [1.165, 1.54) is 0 Å². The molecule has 0 amide bonds. The van der Waals surface area contributed by atoms with Crippen LogP contribution in [0.4, 0.5) is 17.6 Å². The van der Waals surface area contributed by atoms with Gasteiger partial charge in [0.2, 0.25) is 0 Å². The number of ether oxygens (including phenoxy) is 1. The molecule has 1 fully saturated rings. The Balaban J connectivity index is 0.000000422. The quantitative estimate of drug-likeness (QED) is 0.627. The van der Waals surface area contributed by atoms with Gasteiger partial charge in [-0.1, -0.05) is 6.07 Å². The van der Waals surface area contributed by atoms with E-state index in [0.29, 0.717) is 38.4 Å². The molecule has 3 nitrogen and oxygen atoms in total. The second-order valence-electron chi connectivity index (χ2n) is 4.70. The standard InChI is InChI=1S/C12H10F4O.C3H6O2/c13-10-6-7(12(14,15)16)4-5-8(10)9-2-1-3-11(9)17;1-2-5-3-4/h4-6,9H,1-3H2;3H,2H2,1H3. The smallest absolute Gasteiger partial charge is 0.416 e. The lowest BCUT2D eigenvalue weighted by molar-refractivity contribution is -0.137. The van der Waals surface area contributed by atoms with Gasteiger partial charge in [0.15, 0.2) is 0 Å². The fourth-order valence-electron chi connectivity index (χ4n) is 2.20. The van der Waals surface area contributed by atoms with E-state index in [4.69, 9.17) is 0 Å². The SMILES string of the molecule is CCOC=O.O=C1CCCC1c1ccc(C(F)(F)F)cc1F. The van der Waals surface area contributed by atoms with Gasteiger partial charge in [-0.3, -0.25) is 9.59 Å². The normalized spacial score (nSPS) is 17.7. The van der Waals surface area contributed by atoms with Crippen molar-refractivity contribution in [2.45, 2.75) is 38.3 Å². The fraction of sp³-hybridized carbons (Fsp3) is 0.467. The van der Waals surface area contributed by atoms with E-state index in [0.717, 1.165) is 12.1 Å². The van der Waals surface area contributed by atoms with Gasteiger partial charge in [-0.05, 0) is 37.5 Å². The summed E-state index contributed by atoms with van der Waals surface area (Å²) in [5.41, 5.74) is -0.940. The van der Waals surface area contributed by atoms with Gasteiger partial charge in [-0.2, -0.15) is 13.2 Å². The summed E-state index contributed by atoms with van der Waals surface area (Å²) >= 11 is 0. The molecule has 0 radical (unpaired) electrons. The van der Waals surface area contributed by atoms with Crippen molar-refractivity contribution < 1.29 is 31.9 Å². The Bertz CT molecular complexity index is 526. The molecule has 0 N–H and O–H groups in total. The number of halogens is 4. The van der Waals surface area contributed by atoms with Gasteiger partial charge in [0.1, 0.15) is 11.6 Å². The van der Waals surface area contributed by atoms with Crippen LogP contribution in [-0.2, 0) is 20.5 Å². The fourth-order valence-corrected chi connectivity index (χ4v) is 2.20. The maximum absolute atomic E-state index is 13.6. The molecule has 0 saturated heterocycles. The van der Waals surface area contributed by atoms with Crippen LogP contribution < -0.4 is 0 Å². The number of ketones is 1. The van der Waals surface area contributed by atoms with Crippen LogP contribution in [0, 0.1) is 5.82 Å². The summed E-state index contributed by atoms with van der Waals surface area (Å²) in [6, 6.07) is 2.36. The summed E-state index contributed by atoms with van der Waals surface area (Å²) in [4.78, 5) is 20.6. The summed E-state index contributed by atoms with van der Waals surface area (Å²) in [6.45, 7) is 2.66. The third-order valence-corrected chi connectivity index (χ3v) is 3.24. The molecule has 1 aromatic rings. The summed E-state index contributed by atoms with van der Waals surface area (Å²) in [5, 5.41) is 0. The van der Waals surface area contributed by atoms with E-state index in [-0.39, 0.29) is 11.3 Å². The Morgan fingerprint density at radius 2 is 2.05 bits per heavy atom. The van der Waals surface area contributed by atoms with Crippen molar-refractivity contribution in [3.05, 3.63) is 35.1 Å². The second-order valence-corrected chi connectivity index (χ2v) is 4.70. The highest BCUT2D eigenvalue weighted by atomic mass is 19.4. The molecular weight excluding hydrogens is 304 g/mol. The zero-order valence-electron chi connectivity index (χ0n) is 12.0. The monoisotopic (exact) mass is 320 g/mol. The Morgan fingerprint density at radius 3 is 2.41 bits per heavy atom. The van der Waals surface area contributed by atoms with Crippen molar-refractivity contribution in [1.82, 2.24) is 0 Å². The maximum atomic E-state index is 13.6. The van der Waals surface area contributed by atoms with Crippen molar-refractivity contribution in [2.75, 3.05) is 6.61 Å². The number of carbonyl (C=O) groups is 2. The minimum absolute atomic E-state index is 0.0838. The zero-order valence-corrected chi connectivity index (χ0v) is 12.0. The number of benzene rings is 1. The van der Waals surface area contributed by atoms with Crippen LogP contribution in [0.1, 0.15) is 43.2 Å². The van der Waals surface area contributed by atoms with Crippen LogP contribution in [-0.4, -0.2) is 18.9 Å². The lowest BCUT2D eigenvalue weighted by Gasteiger charge is -2.12. The highest BCUT2D eigenvalue weighted by Crippen LogP contribution is 2.35. The lowest BCUT2D eigenvalue weighted by atomic mass is 9.95. The molecule has 1 aromatic carbocycles. The van der Waals surface area contributed by atoms with Crippen molar-refractivity contribution in [1.29, 1.82) is 0 Å². The first-order valence-electron chi connectivity index (χ1n) is 6.75. The number of rotatable bonds is 3. The average molecular weight is 320 g/mol. The first-order valence-corrected chi connectivity index (χ1v) is 6.75. The second kappa shape index (κ2) is 7.91. The molecule has 0 heterocycles. The van der Waals surface area contributed by atoms with Crippen molar-refractivity contribution >= 4 is 12.3 Å². The van der Waals surface area contributed by atoms with Crippen LogP contribution in [0.3, 0.4) is 0 Å². The van der Waals surface area contributed by atoms with Gasteiger partial charge in [0, 0.05) is 12.3 Å². The summed E-state index contributed by atoms with van der Waals surface area (Å²) in [6.07, 6.45) is -2.99. The number of hydrogen-bond acceptors (Lipinski definition) is 3. The van der Waals surface area contributed by atoms with E-state index < -0.39 is 23.5 Å². The van der Waals surface area contributed by atoms with Gasteiger partial charge in [0.25, 0.3) is 6.47 Å². The van der Waals surface area contributed by atoms with Crippen LogP contribution in [0.2, 0.25) is 0 Å². The largest absolute Gasteiger partial charge is 0.468 e. The Labute approximate surface area is 125 Å². The molecule has 122 valence electrons. The Kier molecular flexibility index (Phi) is 6.52. The summed E-state index contributed by atoms with van der Waals surface area (Å²) in [7, 11) is 0. The molecule has 1 aliphatic carbocycles. The highest BCUT2D eigenvalue weighted by molar-refractivity contribution is 5.87. The third-order valence-electron chi connectivity index (χ3n) is 3.24. The molecule has 0 spiro atoms. The molecule has 1 atom stereocenters. The van der Waals surface area contributed by atoms with Crippen LogP contribution >= 0.6 is 0 Å². The lowest BCUT2D eigenvalue weighted by Crippen LogP contribution is -2.10. The van der Waals surface area contributed by atoms with E-state index in [1.807, 2.05) is 0 Å². The van der Waals surface area contributed by atoms with Gasteiger partial charge in [0.05, 0.1) is 12.2 Å². The molecule has 1 saturated carbocycles. The highest BCUT2D eigenvalue weighted by Gasteiger charge is 2.33. The Hall–Kier alpha value is -1.92.